The molecule has 0 N–H and O–H groups in total. The van der Waals surface area contributed by atoms with Crippen LogP contribution in [0.4, 0.5) is 17.1 Å². The van der Waals surface area contributed by atoms with Gasteiger partial charge < -0.3 is 9.47 Å². The maximum atomic E-state index is 2.51. The van der Waals surface area contributed by atoms with E-state index in [-0.39, 0.29) is 0 Å². The second-order valence-electron chi connectivity index (χ2n) is 19.9. The average Bonchev–Trinajstić information content (AvgIpc) is 4.32. The summed E-state index contributed by atoms with van der Waals surface area (Å²) in [6, 6.07) is 99.5. The number of hydrogen-bond donors (Lipinski definition) is 0. The molecule has 3 heteroatoms. The number of nitrogens with zero attached hydrogens (tertiary/aromatic N) is 2. The summed E-state index contributed by atoms with van der Waals surface area (Å²) in [5.41, 5.74) is 22.0. The lowest BCUT2D eigenvalue weighted by molar-refractivity contribution is 0.794. The number of benzene rings is 12. The Kier molecular flexibility index (Phi) is 8.86. The second kappa shape index (κ2) is 15.9. The minimum atomic E-state index is -0.409. The van der Waals surface area contributed by atoms with Gasteiger partial charge in [-0.1, -0.05) is 194 Å². The molecule has 2 aliphatic carbocycles. The summed E-state index contributed by atoms with van der Waals surface area (Å²) in [5.74, 6) is 0. The highest BCUT2D eigenvalue weighted by atomic mass is 32.1. The van der Waals surface area contributed by atoms with E-state index in [0.29, 0.717) is 0 Å². The zero-order valence-corrected chi connectivity index (χ0v) is 41.0. The average molecular weight is 957 g/mol. The van der Waals surface area contributed by atoms with Crippen molar-refractivity contribution in [2.45, 2.75) is 5.41 Å². The van der Waals surface area contributed by atoms with E-state index in [1.807, 2.05) is 11.3 Å². The number of thiophene rings is 1. The van der Waals surface area contributed by atoms with Crippen molar-refractivity contribution in [1.29, 1.82) is 0 Å². The maximum absolute atomic E-state index is 2.51. The Bertz CT molecular complexity index is 4550. The maximum Gasteiger partial charge on any atom is 0.0725 e. The fraction of sp³-hybridized carbons (Fsp3) is 0.0141. The molecule has 0 amide bonds. The summed E-state index contributed by atoms with van der Waals surface area (Å²) in [6.07, 6.45) is 0. The molecule has 0 fully saturated rings. The van der Waals surface area contributed by atoms with Crippen LogP contribution in [0.1, 0.15) is 22.3 Å². The van der Waals surface area contributed by atoms with Gasteiger partial charge >= 0.3 is 0 Å². The molecule has 74 heavy (non-hydrogen) atoms. The Morgan fingerprint density at radius 1 is 0.311 bits per heavy atom. The van der Waals surface area contributed by atoms with Gasteiger partial charge in [-0.2, -0.15) is 0 Å². The van der Waals surface area contributed by atoms with Crippen LogP contribution in [0.3, 0.4) is 0 Å². The molecule has 0 radical (unpaired) electrons. The van der Waals surface area contributed by atoms with Gasteiger partial charge in [-0.05, 0) is 145 Å². The molecule has 2 heterocycles. The predicted molar refractivity (Wildman–Crippen MR) is 313 cm³/mol. The summed E-state index contributed by atoms with van der Waals surface area (Å²) >= 11 is 1.89. The van der Waals surface area contributed by atoms with Crippen molar-refractivity contribution < 1.29 is 0 Å². The van der Waals surface area contributed by atoms with Crippen molar-refractivity contribution in [3.8, 4) is 50.2 Å². The number of rotatable bonds is 6. The number of hydrogen-bond acceptors (Lipinski definition) is 2. The summed E-state index contributed by atoms with van der Waals surface area (Å²) in [5, 5.41) is 7.56. The van der Waals surface area contributed by atoms with Crippen LogP contribution in [-0.4, -0.2) is 4.57 Å². The summed E-state index contributed by atoms with van der Waals surface area (Å²) in [6.45, 7) is 0. The third kappa shape index (κ3) is 5.81. The normalized spacial score (nSPS) is 13.0. The molecule has 2 aromatic heterocycles. The predicted octanol–water partition coefficient (Wildman–Crippen LogP) is 19.5. The van der Waals surface area contributed by atoms with Crippen molar-refractivity contribution in [3.63, 3.8) is 0 Å². The zero-order valence-electron chi connectivity index (χ0n) is 40.2. The van der Waals surface area contributed by atoms with E-state index < -0.39 is 5.41 Å². The van der Waals surface area contributed by atoms with Crippen LogP contribution in [0.5, 0.6) is 0 Å². The highest BCUT2D eigenvalue weighted by Gasteiger charge is 2.51. The van der Waals surface area contributed by atoms with Crippen LogP contribution in [0, 0.1) is 0 Å². The summed E-state index contributed by atoms with van der Waals surface area (Å²) in [4.78, 5) is 2.51. The van der Waals surface area contributed by atoms with Gasteiger partial charge in [0.05, 0.1) is 22.1 Å². The Labute approximate surface area is 432 Å². The zero-order chi connectivity index (χ0) is 48.5. The fourth-order valence-electron chi connectivity index (χ4n) is 13.1. The van der Waals surface area contributed by atoms with Gasteiger partial charge in [0.1, 0.15) is 0 Å². The van der Waals surface area contributed by atoms with Crippen molar-refractivity contribution in [1.82, 2.24) is 4.57 Å². The van der Waals surface area contributed by atoms with Crippen molar-refractivity contribution in [2.75, 3.05) is 4.90 Å². The van der Waals surface area contributed by atoms with Crippen molar-refractivity contribution in [2.24, 2.45) is 0 Å². The third-order valence-electron chi connectivity index (χ3n) is 16.2. The van der Waals surface area contributed by atoms with Gasteiger partial charge in [0, 0.05) is 53.4 Å². The molecular weight excluding hydrogens is 913 g/mol. The van der Waals surface area contributed by atoms with Gasteiger partial charge in [-0.25, -0.2) is 0 Å². The molecule has 2 nitrogen and oxygen atoms in total. The molecule has 0 atom stereocenters. The molecule has 12 aromatic carbocycles. The van der Waals surface area contributed by atoms with Gasteiger partial charge in [-0.3, -0.25) is 0 Å². The minimum Gasteiger partial charge on any atom is -0.310 e. The molecular formula is C71H44N2S. The van der Waals surface area contributed by atoms with Crippen LogP contribution < -0.4 is 4.90 Å². The molecule has 14 aromatic rings. The number of para-hydroxylation sites is 2. The summed E-state index contributed by atoms with van der Waals surface area (Å²) < 4.78 is 4.94. The summed E-state index contributed by atoms with van der Waals surface area (Å²) in [7, 11) is 0. The monoisotopic (exact) mass is 956 g/mol. The Hall–Kier alpha value is -9.28. The standard InChI is InChI=1S/C71H44N2S/c1-3-17-45(18-4-1)46-31-35-50(36-32-46)72(51-37-38-64-58(43-51)54-23-11-15-29-63(54)71(64)61-27-13-9-21-52(61)53-22-10-14-28-62(53)71)67-44-69-70(57-26-8-7-24-55(57)67)60-42-48(34-40-68(60)74-69)47-33-39-66-59(41-47)56-25-12-16-30-65(56)73(66)49-19-5-2-6-20-49/h1-44H. The second-order valence-corrected chi connectivity index (χ2v) is 21.0. The molecule has 0 saturated heterocycles. The lowest BCUT2D eigenvalue weighted by atomic mass is 9.70. The highest BCUT2D eigenvalue weighted by molar-refractivity contribution is 7.26. The van der Waals surface area contributed by atoms with Gasteiger partial charge in [0.15, 0.2) is 0 Å². The SMILES string of the molecule is c1ccc(-c2ccc(N(c3ccc4c(c3)-c3ccccc3C43c4ccccc4-c4ccccc43)c3cc4sc5ccc(-c6ccc7c(c6)c6ccccc6n7-c6ccccc6)cc5c4c4ccccc34)cc2)cc1. The van der Waals surface area contributed by atoms with Crippen molar-refractivity contribution >= 4 is 81.1 Å². The smallest absolute Gasteiger partial charge is 0.0725 e. The fourth-order valence-corrected chi connectivity index (χ4v) is 14.2. The first-order chi connectivity index (χ1) is 36.7. The molecule has 344 valence electrons. The first-order valence-corrected chi connectivity index (χ1v) is 26.4. The first kappa shape index (κ1) is 41.3. The largest absolute Gasteiger partial charge is 0.310 e. The van der Waals surface area contributed by atoms with Crippen molar-refractivity contribution in [3.05, 3.63) is 289 Å². The Morgan fingerprint density at radius 2 is 0.824 bits per heavy atom. The minimum absolute atomic E-state index is 0.409. The van der Waals surface area contributed by atoms with Gasteiger partial charge in [0.2, 0.25) is 0 Å². The van der Waals surface area contributed by atoms with E-state index in [1.165, 1.54) is 125 Å². The van der Waals surface area contributed by atoms with E-state index >= 15 is 0 Å². The topological polar surface area (TPSA) is 8.17 Å². The number of fused-ring (bicyclic) bond motifs is 18. The van der Waals surface area contributed by atoms with Crippen LogP contribution in [-0.2, 0) is 5.41 Å². The molecule has 2 aliphatic rings. The highest BCUT2D eigenvalue weighted by Crippen LogP contribution is 2.63. The molecule has 16 rings (SSSR count). The van der Waals surface area contributed by atoms with Crippen LogP contribution in [0.15, 0.2) is 267 Å². The Balaban J connectivity index is 0.891. The van der Waals surface area contributed by atoms with E-state index in [9.17, 15) is 0 Å². The Morgan fingerprint density at radius 3 is 1.54 bits per heavy atom. The first-order valence-electron chi connectivity index (χ1n) is 25.6. The van der Waals surface area contributed by atoms with Gasteiger partial charge in [0.25, 0.3) is 0 Å². The molecule has 0 unspecified atom stereocenters. The van der Waals surface area contributed by atoms with E-state index in [0.717, 1.165) is 17.1 Å². The van der Waals surface area contributed by atoms with Crippen LogP contribution >= 0.6 is 11.3 Å². The van der Waals surface area contributed by atoms with Crippen LogP contribution in [0.25, 0.3) is 103 Å². The van der Waals surface area contributed by atoms with Gasteiger partial charge in [-0.15, -0.1) is 11.3 Å². The van der Waals surface area contributed by atoms with E-state index in [4.69, 9.17) is 0 Å². The quantitative estimate of drug-likeness (QED) is 0.161. The lowest BCUT2D eigenvalue weighted by Gasteiger charge is -2.31. The molecule has 1 spiro atoms. The number of aromatic nitrogens is 1. The molecule has 0 saturated carbocycles. The molecule has 0 aliphatic heterocycles. The van der Waals surface area contributed by atoms with Crippen LogP contribution in [0.2, 0.25) is 0 Å². The number of anilines is 3. The lowest BCUT2D eigenvalue weighted by Crippen LogP contribution is -2.25. The van der Waals surface area contributed by atoms with E-state index in [1.54, 1.807) is 0 Å². The molecule has 0 bridgehead atoms. The third-order valence-corrected chi connectivity index (χ3v) is 17.3. The van der Waals surface area contributed by atoms with E-state index in [2.05, 4.69) is 276 Å².